The molecule has 15 atom stereocenters. The highest BCUT2D eigenvalue weighted by atomic mass is 16.6. The molecule has 52 heavy (non-hydrogen) atoms. The normalized spacial score (nSPS) is 47.2. The van der Waals surface area contributed by atoms with Crippen LogP contribution < -0.4 is 11.1 Å². The van der Waals surface area contributed by atoms with E-state index in [1.807, 2.05) is 13.8 Å². The summed E-state index contributed by atoms with van der Waals surface area (Å²) < 4.78 is 6.34. The average molecular weight is 730 g/mol. The van der Waals surface area contributed by atoms with Crippen LogP contribution >= 0.6 is 0 Å². The molecule has 2 heterocycles. The number of aliphatic hydroxyl groups excluding tert-OH is 2. The van der Waals surface area contributed by atoms with Crippen molar-refractivity contribution in [2.75, 3.05) is 13.2 Å². The number of carbonyl (C=O) groups is 1. The Hall–Kier alpha value is -0.910. The van der Waals surface area contributed by atoms with Crippen LogP contribution in [0.1, 0.15) is 144 Å². The molecule has 0 aromatic rings. The molecule has 6 fully saturated rings. The number of ether oxygens (including phenoxy) is 1. The summed E-state index contributed by atoms with van der Waals surface area (Å²) in [5, 5.41) is 61.6. The second kappa shape index (κ2) is 13.9. The predicted molar refractivity (Wildman–Crippen MR) is 200 cm³/mol. The van der Waals surface area contributed by atoms with Crippen LogP contribution in [0.2, 0.25) is 0 Å². The zero-order valence-corrected chi connectivity index (χ0v) is 33.0. The number of fused-ring (bicyclic) bond motifs is 5. The summed E-state index contributed by atoms with van der Waals surface area (Å²) in [6.45, 7) is 10.8. The molecule has 296 valence electrons. The monoisotopic (exact) mass is 730 g/mol. The third kappa shape index (κ3) is 6.31. The minimum atomic E-state index is -1.39. The number of hydrogen-bond donors (Lipinski definition) is 7. The first-order chi connectivity index (χ1) is 24.4. The van der Waals surface area contributed by atoms with Gasteiger partial charge in [0, 0.05) is 23.2 Å². The lowest BCUT2D eigenvalue weighted by Gasteiger charge is -2.63. The summed E-state index contributed by atoms with van der Waals surface area (Å²) in [7, 11) is 0. The number of epoxide rings is 1. The van der Waals surface area contributed by atoms with E-state index in [1.165, 1.54) is 32.1 Å². The molecule has 9 N–H and O–H groups in total. The van der Waals surface area contributed by atoms with Gasteiger partial charge in [-0.1, -0.05) is 59.3 Å². The van der Waals surface area contributed by atoms with Crippen molar-refractivity contribution in [3.8, 4) is 0 Å². The van der Waals surface area contributed by atoms with Crippen LogP contribution in [0.15, 0.2) is 11.6 Å². The molecule has 7 aliphatic rings. The largest absolute Gasteiger partial charge is 0.396 e. The van der Waals surface area contributed by atoms with E-state index in [1.54, 1.807) is 13.0 Å². The van der Waals surface area contributed by atoms with Gasteiger partial charge in [-0.3, -0.25) is 10.5 Å². The fourth-order valence-electron chi connectivity index (χ4n) is 13.8. The first-order valence-electron chi connectivity index (χ1n) is 21.4. The van der Waals surface area contributed by atoms with Crippen molar-refractivity contribution >= 4 is 5.78 Å². The van der Waals surface area contributed by atoms with Crippen LogP contribution in [-0.2, 0) is 9.53 Å². The highest BCUT2D eigenvalue weighted by Gasteiger charge is 2.74. The number of quaternary nitrogens is 1. The number of aliphatic hydroxyl groups is 5. The number of nitrogens with two attached hydrogens (primary N) is 2. The lowest BCUT2D eigenvalue weighted by Crippen LogP contribution is -2.94. The summed E-state index contributed by atoms with van der Waals surface area (Å²) >= 11 is 0. The van der Waals surface area contributed by atoms with Crippen molar-refractivity contribution in [1.29, 1.82) is 0 Å². The molecule has 5 aliphatic carbocycles. The van der Waals surface area contributed by atoms with Gasteiger partial charge in [-0.25, -0.2) is 0 Å². The molecule has 9 heteroatoms. The van der Waals surface area contributed by atoms with Crippen LogP contribution in [-0.4, -0.2) is 85.7 Å². The summed E-state index contributed by atoms with van der Waals surface area (Å²) in [5.41, 5.74) is 1.30. The van der Waals surface area contributed by atoms with E-state index in [9.17, 15) is 30.3 Å². The van der Waals surface area contributed by atoms with Gasteiger partial charge in [-0.15, -0.1) is 0 Å². The fourth-order valence-corrected chi connectivity index (χ4v) is 13.8. The van der Waals surface area contributed by atoms with Gasteiger partial charge in [0.2, 0.25) is 0 Å². The SMILES string of the molecule is C[C@](O)([C@@H]1O[C@@H]1[C@](C)(O)[C@](C)(CO)CCC1CC[NH2+]C(N)C1)[C@H]1CC[C@@]2(O)C3=CC(=O)[C@@H]4C[C@@H](O)CC[C@]4(C)[C@H]3[C@H](CCC3CCCCC3)C[C@@]12C. The molecular formula is C43H73N2O7+. The Morgan fingerprint density at radius 3 is 2.37 bits per heavy atom. The van der Waals surface area contributed by atoms with Crippen LogP contribution in [0.5, 0.6) is 0 Å². The molecule has 0 spiro atoms. The Morgan fingerprint density at radius 1 is 0.942 bits per heavy atom. The molecule has 0 amide bonds. The van der Waals surface area contributed by atoms with Gasteiger partial charge >= 0.3 is 0 Å². The van der Waals surface area contributed by atoms with E-state index in [4.69, 9.17) is 10.5 Å². The van der Waals surface area contributed by atoms with E-state index in [0.29, 0.717) is 38.0 Å². The third-order valence-corrected chi connectivity index (χ3v) is 17.5. The number of ketones is 1. The summed E-state index contributed by atoms with van der Waals surface area (Å²) in [4.78, 5) is 14.0. The fraction of sp³-hybridized carbons (Fsp3) is 0.930. The van der Waals surface area contributed by atoms with Crippen LogP contribution in [0.25, 0.3) is 0 Å². The molecule has 0 bridgehead atoms. The van der Waals surface area contributed by atoms with E-state index < -0.39 is 45.9 Å². The maximum absolute atomic E-state index is 14.0. The van der Waals surface area contributed by atoms with Crippen molar-refractivity contribution < 1.29 is 40.4 Å². The van der Waals surface area contributed by atoms with E-state index >= 15 is 0 Å². The standard InChI is InChI=1S/C43H72N2O7/c1-38(25-46,17-13-27-16-20-45-34(44)21-27)42(5,50)37-36(52-37)41(4,49)33-15-19-43(51)31-23-32(48)30-22-29(47)14-18-39(30,2)35(31)28(24-40(33,43)3)12-11-26-9-7-6-8-10-26/h23,26-30,33-37,45-47,49-51H,6-22,24-25,44H2,1-5H3/p+1/t27?,28-,29+,30+,33+,34?,35+,36-,37+,38+,39+,40+,41-,42+,43-/m1/s1. The topological polar surface area (TPSA) is 173 Å². The molecule has 7 rings (SSSR count). The molecule has 2 saturated heterocycles. The number of hydrogen-bond acceptors (Lipinski definition) is 8. The average Bonchev–Trinajstić information content (AvgIpc) is 3.88. The predicted octanol–water partition coefficient (Wildman–Crippen LogP) is 4.11. The van der Waals surface area contributed by atoms with Gasteiger partial charge in [0.1, 0.15) is 18.4 Å². The molecule has 0 radical (unpaired) electrons. The van der Waals surface area contributed by atoms with Gasteiger partial charge < -0.3 is 35.6 Å². The minimum Gasteiger partial charge on any atom is -0.396 e. The van der Waals surface area contributed by atoms with Gasteiger partial charge in [-0.2, -0.15) is 0 Å². The second-order valence-corrected chi connectivity index (χ2v) is 20.6. The smallest absolute Gasteiger partial charge is 0.159 e. The molecule has 0 aromatic heterocycles. The van der Waals surface area contributed by atoms with Crippen LogP contribution in [0.3, 0.4) is 0 Å². The number of allylic oxidation sites excluding steroid dienone is 1. The highest BCUT2D eigenvalue weighted by Crippen LogP contribution is 2.71. The first-order valence-corrected chi connectivity index (χ1v) is 21.4. The molecule has 4 saturated carbocycles. The molecular weight excluding hydrogens is 656 g/mol. The summed E-state index contributed by atoms with van der Waals surface area (Å²) in [5.74, 6) is 1.00. The van der Waals surface area contributed by atoms with Crippen LogP contribution in [0.4, 0.5) is 0 Å². The molecule has 9 nitrogen and oxygen atoms in total. The maximum Gasteiger partial charge on any atom is 0.159 e. The van der Waals surface area contributed by atoms with Gasteiger partial charge in [-0.05, 0) is 125 Å². The second-order valence-electron chi connectivity index (χ2n) is 20.6. The zero-order valence-electron chi connectivity index (χ0n) is 33.0. The highest BCUT2D eigenvalue weighted by molar-refractivity contribution is 5.95. The molecule has 0 aromatic carbocycles. The Kier molecular flexibility index (Phi) is 10.5. The number of carbonyl (C=O) groups excluding carboxylic acids is 1. The third-order valence-electron chi connectivity index (χ3n) is 17.5. The Morgan fingerprint density at radius 2 is 1.67 bits per heavy atom. The first kappa shape index (κ1) is 39.3. The van der Waals surface area contributed by atoms with Crippen LogP contribution in [0, 0.1) is 51.8 Å². The number of piperidine rings is 1. The zero-order chi connectivity index (χ0) is 37.5. The Bertz CT molecular complexity index is 1360. The quantitative estimate of drug-likeness (QED) is 0.156. The van der Waals surface area contributed by atoms with Crippen molar-refractivity contribution in [2.24, 2.45) is 57.5 Å². The lowest BCUT2D eigenvalue weighted by molar-refractivity contribution is -0.699. The Labute approximate surface area is 312 Å². The minimum absolute atomic E-state index is 0.0460. The maximum atomic E-state index is 14.0. The van der Waals surface area contributed by atoms with E-state index in [2.05, 4.69) is 19.2 Å². The van der Waals surface area contributed by atoms with Crippen molar-refractivity contribution in [3.63, 3.8) is 0 Å². The number of rotatable bonds is 11. The van der Waals surface area contributed by atoms with Gasteiger partial charge in [0.25, 0.3) is 0 Å². The van der Waals surface area contributed by atoms with Gasteiger partial charge in [0.15, 0.2) is 5.78 Å². The van der Waals surface area contributed by atoms with E-state index in [0.717, 1.165) is 63.0 Å². The van der Waals surface area contributed by atoms with Crippen molar-refractivity contribution in [1.82, 2.24) is 0 Å². The van der Waals surface area contributed by atoms with Gasteiger partial charge in [0.05, 0.1) is 36.1 Å². The lowest BCUT2D eigenvalue weighted by atomic mass is 9.42. The van der Waals surface area contributed by atoms with E-state index in [-0.39, 0.29) is 47.6 Å². The van der Waals surface area contributed by atoms with Crippen molar-refractivity contribution in [2.45, 2.75) is 185 Å². The molecule has 2 unspecified atom stereocenters. The summed E-state index contributed by atoms with van der Waals surface area (Å²) in [6.07, 6.45) is 16.1. The van der Waals surface area contributed by atoms with Crippen molar-refractivity contribution in [3.05, 3.63) is 11.6 Å². The molecule has 2 aliphatic heterocycles. The Balaban J connectivity index is 1.16. The summed E-state index contributed by atoms with van der Waals surface area (Å²) in [6, 6.07) is 0.